The quantitative estimate of drug-likeness (QED) is 0.877. The SMILES string of the molecule is CCc1nn(-c2ccccn2)c(CC)c1CNC1CC1. The Bertz CT molecular complexity index is 570. The number of nitrogens with one attached hydrogen (secondary N) is 1. The van der Waals surface area contributed by atoms with Gasteiger partial charge in [0, 0.05) is 24.3 Å². The molecule has 20 heavy (non-hydrogen) atoms. The fourth-order valence-corrected chi connectivity index (χ4v) is 2.59. The molecule has 1 saturated carbocycles. The molecule has 0 bridgehead atoms. The van der Waals surface area contributed by atoms with Gasteiger partial charge < -0.3 is 5.32 Å². The van der Waals surface area contributed by atoms with E-state index < -0.39 is 0 Å². The molecule has 0 saturated heterocycles. The van der Waals surface area contributed by atoms with E-state index in [4.69, 9.17) is 5.10 Å². The highest BCUT2D eigenvalue weighted by Crippen LogP contribution is 2.23. The molecule has 1 aliphatic carbocycles. The molecule has 0 aromatic carbocycles. The Morgan fingerprint density at radius 2 is 2.10 bits per heavy atom. The number of hydrogen-bond acceptors (Lipinski definition) is 3. The summed E-state index contributed by atoms with van der Waals surface area (Å²) in [5.74, 6) is 0.914. The number of aromatic nitrogens is 3. The van der Waals surface area contributed by atoms with Crippen molar-refractivity contribution in [1.29, 1.82) is 0 Å². The standard InChI is InChI=1S/C16H22N4/c1-3-14-13(11-18-12-8-9-12)15(4-2)20(19-14)16-7-5-6-10-17-16/h5-7,10,12,18H,3-4,8-9,11H2,1-2H3. The monoisotopic (exact) mass is 270 g/mol. The summed E-state index contributed by atoms with van der Waals surface area (Å²) in [4.78, 5) is 4.43. The fourth-order valence-electron chi connectivity index (χ4n) is 2.59. The second-order valence-electron chi connectivity index (χ2n) is 5.33. The van der Waals surface area contributed by atoms with Crippen LogP contribution < -0.4 is 5.32 Å². The van der Waals surface area contributed by atoms with Crippen molar-refractivity contribution in [3.05, 3.63) is 41.3 Å². The van der Waals surface area contributed by atoms with Crippen molar-refractivity contribution in [2.45, 2.75) is 52.1 Å². The molecule has 2 heterocycles. The molecular weight excluding hydrogens is 248 g/mol. The maximum absolute atomic E-state index is 4.78. The van der Waals surface area contributed by atoms with E-state index in [1.807, 2.05) is 29.1 Å². The van der Waals surface area contributed by atoms with Gasteiger partial charge in [0.15, 0.2) is 5.82 Å². The van der Waals surface area contributed by atoms with Gasteiger partial charge in [-0.05, 0) is 37.8 Å². The summed E-state index contributed by atoms with van der Waals surface area (Å²) in [6, 6.07) is 6.69. The lowest BCUT2D eigenvalue weighted by molar-refractivity contribution is 0.676. The molecule has 1 N–H and O–H groups in total. The molecule has 0 aliphatic heterocycles. The van der Waals surface area contributed by atoms with Gasteiger partial charge in [-0.2, -0.15) is 5.10 Å². The molecule has 4 heteroatoms. The number of hydrogen-bond donors (Lipinski definition) is 1. The van der Waals surface area contributed by atoms with Crippen LogP contribution in [0.5, 0.6) is 0 Å². The van der Waals surface area contributed by atoms with Crippen molar-refractivity contribution in [3.63, 3.8) is 0 Å². The van der Waals surface area contributed by atoms with Crippen molar-refractivity contribution in [3.8, 4) is 5.82 Å². The average molecular weight is 270 g/mol. The third-order valence-electron chi connectivity index (χ3n) is 3.85. The zero-order chi connectivity index (χ0) is 13.9. The zero-order valence-corrected chi connectivity index (χ0v) is 12.3. The predicted octanol–water partition coefficient (Wildman–Crippen LogP) is 2.64. The highest BCUT2D eigenvalue weighted by atomic mass is 15.3. The largest absolute Gasteiger partial charge is 0.310 e. The van der Waals surface area contributed by atoms with Crippen LogP contribution >= 0.6 is 0 Å². The summed E-state index contributed by atoms with van der Waals surface area (Å²) in [6.07, 6.45) is 6.40. The van der Waals surface area contributed by atoms with E-state index in [1.165, 1.54) is 29.8 Å². The minimum atomic E-state index is 0.725. The van der Waals surface area contributed by atoms with Crippen LogP contribution in [-0.2, 0) is 19.4 Å². The summed E-state index contributed by atoms with van der Waals surface area (Å²) < 4.78 is 2.02. The van der Waals surface area contributed by atoms with Crippen LogP contribution in [0.2, 0.25) is 0 Å². The van der Waals surface area contributed by atoms with Gasteiger partial charge in [-0.25, -0.2) is 9.67 Å². The van der Waals surface area contributed by atoms with Gasteiger partial charge in [0.05, 0.1) is 11.4 Å². The first-order valence-electron chi connectivity index (χ1n) is 7.57. The number of pyridine rings is 1. The van der Waals surface area contributed by atoms with Gasteiger partial charge in [0.25, 0.3) is 0 Å². The van der Waals surface area contributed by atoms with Crippen LogP contribution in [0.3, 0.4) is 0 Å². The highest BCUT2D eigenvalue weighted by Gasteiger charge is 2.23. The molecule has 1 fully saturated rings. The highest BCUT2D eigenvalue weighted by molar-refractivity contribution is 5.34. The summed E-state index contributed by atoms with van der Waals surface area (Å²) in [5.41, 5.74) is 3.85. The van der Waals surface area contributed by atoms with Crippen molar-refractivity contribution >= 4 is 0 Å². The smallest absolute Gasteiger partial charge is 0.153 e. The van der Waals surface area contributed by atoms with E-state index in [0.717, 1.165) is 31.2 Å². The van der Waals surface area contributed by atoms with E-state index in [1.54, 1.807) is 0 Å². The maximum atomic E-state index is 4.78. The summed E-state index contributed by atoms with van der Waals surface area (Å²) in [5, 5.41) is 8.40. The van der Waals surface area contributed by atoms with Crippen molar-refractivity contribution in [2.24, 2.45) is 0 Å². The Hall–Kier alpha value is -1.68. The van der Waals surface area contributed by atoms with Gasteiger partial charge in [-0.1, -0.05) is 19.9 Å². The van der Waals surface area contributed by atoms with E-state index >= 15 is 0 Å². The molecule has 2 aromatic heterocycles. The van der Waals surface area contributed by atoms with Gasteiger partial charge in [-0.3, -0.25) is 0 Å². The van der Waals surface area contributed by atoms with Crippen LogP contribution in [0.15, 0.2) is 24.4 Å². The molecule has 0 spiro atoms. The topological polar surface area (TPSA) is 42.7 Å². The average Bonchev–Trinajstić information content (AvgIpc) is 3.25. The Morgan fingerprint density at radius 1 is 1.25 bits per heavy atom. The molecule has 106 valence electrons. The van der Waals surface area contributed by atoms with Crippen molar-refractivity contribution < 1.29 is 0 Å². The number of nitrogens with zero attached hydrogens (tertiary/aromatic N) is 3. The van der Waals surface area contributed by atoms with Gasteiger partial charge in [-0.15, -0.1) is 0 Å². The van der Waals surface area contributed by atoms with Gasteiger partial charge in [0.1, 0.15) is 0 Å². The van der Waals surface area contributed by atoms with Crippen LogP contribution in [-0.4, -0.2) is 20.8 Å². The summed E-state index contributed by atoms with van der Waals surface area (Å²) in [7, 11) is 0. The minimum Gasteiger partial charge on any atom is -0.310 e. The second-order valence-corrected chi connectivity index (χ2v) is 5.33. The van der Waals surface area contributed by atoms with Crippen LogP contribution in [0.4, 0.5) is 0 Å². The van der Waals surface area contributed by atoms with Crippen LogP contribution in [0.1, 0.15) is 43.6 Å². The third kappa shape index (κ3) is 2.61. The minimum absolute atomic E-state index is 0.725. The van der Waals surface area contributed by atoms with Gasteiger partial charge in [0.2, 0.25) is 0 Å². The van der Waals surface area contributed by atoms with Crippen LogP contribution in [0.25, 0.3) is 5.82 Å². The molecular formula is C16H22N4. The zero-order valence-electron chi connectivity index (χ0n) is 12.3. The van der Waals surface area contributed by atoms with E-state index in [-0.39, 0.29) is 0 Å². The fraction of sp³-hybridized carbons (Fsp3) is 0.500. The Balaban J connectivity index is 1.97. The molecule has 2 aromatic rings. The summed E-state index contributed by atoms with van der Waals surface area (Å²) >= 11 is 0. The lowest BCUT2D eigenvalue weighted by Crippen LogP contribution is -2.17. The first kappa shape index (κ1) is 13.3. The molecule has 0 atom stereocenters. The number of aryl methyl sites for hydroxylation is 1. The number of rotatable bonds is 6. The first-order chi connectivity index (χ1) is 9.83. The second kappa shape index (κ2) is 5.75. The Morgan fingerprint density at radius 3 is 2.70 bits per heavy atom. The van der Waals surface area contributed by atoms with Crippen molar-refractivity contribution in [1.82, 2.24) is 20.1 Å². The molecule has 0 radical (unpaired) electrons. The van der Waals surface area contributed by atoms with E-state index in [9.17, 15) is 0 Å². The normalized spacial score (nSPS) is 14.7. The third-order valence-corrected chi connectivity index (χ3v) is 3.85. The molecule has 1 aliphatic rings. The molecule has 0 amide bonds. The van der Waals surface area contributed by atoms with E-state index in [0.29, 0.717) is 0 Å². The summed E-state index contributed by atoms with van der Waals surface area (Å²) in [6.45, 7) is 5.30. The Labute approximate surface area is 120 Å². The van der Waals surface area contributed by atoms with Crippen molar-refractivity contribution in [2.75, 3.05) is 0 Å². The van der Waals surface area contributed by atoms with Crippen LogP contribution in [0, 0.1) is 0 Å². The van der Waals surface area contributed by atoms with E-state index in [2.05, 4.69) is 24.1 Å². The molecule has 3 rings (SSSR count). The van der Waals surface area contributed by atoms with Gasteiger partial charge >= 0.3 is 0 Å². The Kier molecular flexibility index (Phi) is 3.83. The molecule has 4 nitrogen and oxygen atoms in total. The molecule has 0 unspecified atom stereocenters. The predicted molar refractivity (Wildman–Crippen MR) is 80.0 cm³/mol. The lowest BCUT2D eigenvalue weighted by Gasteiger charge is -2.08. The maximum Gasteiger partial charge on any atom is 0.153 e. The first-order valence-corrected chi connectivity index (χ1v) is 7.57. The lowest BCUT2D eigenvalue weighted by atomic mass is 10.1.